The van der Waals surface area contributed by atoms with E-state index in [-0.39, 0.29) is 17.1 Å². The maximum absolute atomic E-state index is 12.5. The molecule has 0 atom stereocenters. The fourth-order valence-electron chi connectivity index (χ4n) is 2.41. The van der Waals surface area contributed by atoms with Crippen LogP contribution in [-0.2, 0) is 4.79 Å². The van der Waals surface area contributed by atoms with Gasteiger partial charge in [0.05, 0.1) is 5.69 Å². The highest BCUT2D eigenvalue weighted by molar-refractivity contribution is 6.06. The summed E-state index contributed by atoms with van der Waals surface area (Å²) in [5, 5.41) is 0. The number of anilines is 1. The molecule has 0 bridgehead atoms. The number of amides is 1. The van der Waals surface area contributed by atoms with Gasteiger partial charge in [0.1, 0.15) is 0 Å². The third kappa shape index (κ3) is 3.22. The minimum Gasteiger partial charge on any atom is -0.312 e. The Morgan fingerprint density at radius 3 is 2.63 bits per heavy atom. The summed E-state index contributed by atoms with van der Waals surface area (Å²) >= 11 is 0. The molecule has 0 saturated heterocycles. The van der Waals surface area contributed by atoms with Gasteiger partial charge in [-0.25, -0.2) is 0 Å². The highest BCUT2D eigenvalue weighted by Gasteiger charge is 2.27. The van der Waals surface area contributed by atoms with Crippen LogP contribution in [0.25, 0.3) is 0 Å². The lowest BCUT2D eigenvalue weighted by molar-refractivity contribution is -0.120. The number of benzene rings is 1. The standard InChI is InChI=1S/C16H21NO2/c1-16(2,3)11-15(19)17-10-6-9-14(18)12-7-4-5-8-13(12)17/h4-5,7-8H,6,9-11H2,1-3H3. The highest BCUT2D eigenvalue weighted by Crippen LogP contribution is 2.29. The molecule has 1 heterocycles. The molecule has 0 aliphatic carbocycles. The second kappa shape index (κ2) is 5.16. The first-order chi connectivity index (χ1) is 8.88. The van der Waals surface area contributed by atoms with E-state index in [0.29, 0.717) is 24.9 Å². The molecule has 0 saturated carbocycles. The Hall–Kier alpha value is -1.64. The Kier molecular flexibility index (Phi) is 3.74. The van der Waals surface area contributed by atoms with E-state index >= 15 is 0 Å². The molecule has 0 radical (unpaired) electrons. The van der Waals surface area contributed by atoms with Crippen LogP contribution in [0.5, 0.6) is 0 Å². The van der Waals surface area contributed by atoms with E-state index in [4.69, 9.17) is 0 Å². The van der Waals surface area contributed by atoms with E-state index in [9.17, 15) is 9.59 Å². The molecule has 3 heteroatoms. The Labute approximate surface area is 114 Å². The number of carbonyl (C=O) groups excluding carboxylic acids is 2. The number of para-hydroxylation sites is 1. The molecule has 0 spiro atoms. The SMILES string of the molecule is CC(C)(C)CC(=O)N1CCCC(=O)c2ccccc21. The van der Waals surface area contributed by atoms with E-state index < -0.39 is 0 Å². The number of carbonyl (C=O) groups is 2. The van der Waals surface area contributed by atoms with Crippen molar-refractivity contribution in [2.45, 2.75) is 40.0 Å². The molecule has 3 nitrogen and oxygen atoms in total. The molecule has 1 aliphatic rings. The maximum atomic E-state index is 12.5. The van der Waals surface area contributed by atoms with Gasteiger partial charge in [0.25, 0.3) is 0 Å². The fourth-order valence-corrected chi connectivity index (χ4v) is 2.41. The fraction of sp³-hybridized carbons (Fsp3) is 0.500. The van der Waals surface area contributed by atoms with Crippen molar-refractivity contribution >= 4 is 17.4 Å². The van der Waals surface area contributed by atoms with Crippen LogP contribution in [0.15, 0.2) is 24.3 Å². The van der Waals surface area contributed by atoms with Crippen LogP contribution < -0.4 is 4.90 Å². The first-order valence-corrected chi connectivity index (χ1v) is 6.81. The van der Waals surface area contributed by atoms with E-state index in [1.54, 1.807) is 4.90 Å². The van der Waals surface area contributed by atoms with Crippen molar-refractivity contribution in [3.63, 3.8) is 0 Å². The molecule has 0 fully saturated rings. The zero-order chi connectivity index (χ0) is 14.0. The normalized spacial score (nSPS) is 15.9. The van der Waals surface area contributed by atoms with Gasteiger partial charge < -0.3 is 4.90 Å². The zero-order valence-electron chi connectivity index (χ0n) is 11.9. The molecule has 0 N–H and O–H groups in total. The van der Waals surface area contributed by atoms with Gasteiger partial charge in [0, 0.05) is 24.9 Å². The number of rotatable bonds is 1. The molecular formula is C16H21NO2. The summed E-state index contributed by atoms with van der Waals surface area (Å²) in [5.41, 5.74) is 1.42. The maximum Gasteiger partial charge on any atom is 0.227 e. The van der Waals surface area contributed by atoms with Gasteiger partial charge in [-0.15, -0.1) is 0 Å². The van der Waals surface area contributed by atoms with Gasteiger partial charge in [-0.1, -0.05) is 32.9 Å². The molecule has 2 rings (SSSR count). The molecule has 1 aromatic rings. The summed E-state index contributed by atoms with van der Waals surface area (Å²) in [6.07, 6.45) is 1.76. The molecule has 1 aromatic carbocycles. The van der Waals surface area contributed by atoms with E-state index in [1.807, 2.05) is 24.3 Å². The first-order valence-electron chi connectivity index (χ1n) is 6.81. The summed E-state index contributed by atoms with van der Waals surface area (Å²) in [6.45, 7) is 6.80. The van der Waals surface area contributed by atoms with Gasteiger partial charge in [-0.3, -0.25) is 9.59 Å². The Balaban J connectivity index is 2.33. The number of nitrogens with zero attached hydrogens (tertiary/aromatic N) is 1. The molecule has 0 unspecified atom stereocenters. The summed E-state index contributed by atoms with van der Waals surface area (Å²) in [5.74, 6) is 0.247. The van der Waals surface area contributed by atoms with Crippen LogP contribution in [0.1, 0.15) is 50.4 Å². The largest absolute Gasteiger partial charge is 0.312 e. The van der Waals surface area contributed by atoms with Crippen molar-refractivity contribution in [3.8, 4) is 0 Å². The molecule has 0 aromatic heterocycles. The molecule has 19 heavy (non-hydrogen) atoms. The van der Waals surface area contributed by atoms with Gasteiger partial charge >= 0.3 is 0 Å². The van der Waals surface area contributed by atoms with Crippen molar-refractivity contribution in [2.75, 3.05) is 11.4 Å². The monoisotopic (exact) mass is 259 g/mol. The van der Waals surface area contributed by atoms with Crippen molar-refractivity contribution in [1.82, 2.24) is 0 Å². The summed E-state index contributed by atoms with van der Waals surface area (Å²) in [7, 11) is 0. The smallest absolute Gasteiger partial charge is 0.227 e. The zero-order valence-corrected chi connectivity index (χ0v) is 11.9. The topological polar surface area (TPSA) is 37.4 Å². The van der Waals surface area contributed by atoms with Crippen LogP contribution >= 0.6 is 0 Å². The second-order valence-corrected chi connectivity index (χ2v) is 6.33. The number of Topliss-reactive ketones (excluding diaryl/α,β-unsaturated/α-hetero) is 1. The predicted molar refractivity (Wildman–Crippen MR) is 76.4 cm³/mol. The van der Waals surface area contributed by atoms with E-state index in [1.165, 1.54) is 0 Å². The lowest BCUT2D eigenvalue weighted by Gasteiger charge is -2.26. The Bertz CT molecular complexity index is 500. The number of hydrogen-bond donors (Lipinski definition) is 0. The van der Waals surface area contributed by atoms with Crippen molar-refractivity contribution in [3.05, 3.63) is 29.8 Å². The van der Waals surface area contributed by atoms with E-state index in [2.05, 4.69) is 20.8 Å². The number of hydrogen-bond acceptors (Lipinski definition) is 2. The Morgan fingerprint density at radius 1 is 1.26 bits per heavy atom. The van der Waals surface area contributed by atoms with Crippen LogP contribution in [0.2, 0.25) is 0 Å². The lowest BCUT2D eigenvalue weighted by atomic mass is 9.91. The van der Waals surface area contributed by atoms with Crippen LogP contribution in [0, 0.1) is 5.41 Å². The first kappa shape index (κ1) is 13.8. The van der Waals surface area contributed by atoms with Crippen LogP contribution in [0.4, 0.5) is 5.69 Å². The quantitative estimate of drug-likeness (QED) is 0.774. The van der Waals surface area contributed by atoms with Gasteiger partial charge in [-0.2, -0.15) is 0 Å². The predicted octanol–water partition coefficient (Wildman–Crippen LogP) is 3.43. The highest BCUT2D eigenvalue weighted by atomic mass is 16.2. The Morgan fingerprint density at radius 2 is 1.95 bits per heavy atom. The number of ketones is 1. The number of fused-ring (bicyclic) bond motifs is 1. The minimum atomic E-state index is -0.0393. The van der Waals surface area contributed by atoms with Gasteiger partial charge in [0.15, 0.2) is 5.78 Å². The third-order valence-corrected chi connectivity index (χ3v) is 3.26. The van der Waals surface area contributed by atoms with Crippen molar-refractivity contribution < 1.29 is 9.59 Å². The van der Waals surface area contributed by atoms with Crippen LogP contribution in [-0.4, -0.2) is 18.2 Å². The average molecular weight is 259 g/mol. The van der Waals surface area contributed by atoms with Gasteiger partial charge in [0.2, 0.25) is 5.91 Å². The van der Waals surface area contributed by atoms with Gasteiger partial charge in [-0.05, 0) is 24.0 Å². The molecule has 1 amide bonds. The summed E-state index contributed by atoms with van der Waals surface area (Å²) < 4.78 is 0. The molecule has 1 aliphatic heterocycles. The minimum absolute atomic E-state index is 0.0393. The van der Waals surface area contributed by atoms with Crippen molar-refractivity contribution in [1.29, 1.82) is 0 Å². The van der Waals surface area contributed by atoms with E-state index in [0.717, 1.165) is 12.1 Å². The summed E-state index contributed by atoms with van der Waals surface area (Å²) in [4.78, 5) is 26.3. The molecule has 102 valence electrons. The van der Waals surface area contributed by atoms with Crippen LogP contribution in [0.3, 0.4) is 0 Å². The lowest BCUT2D eigenvalue weighted by Crippen LogP contribution is -2.34. The molecular weight excluding hydrogens is 238 g/mol. The third-order valence-electron chi connectivity index (χ3n) is 3.26. The average Bonchev–Trinajstić information content (AvgIpc) is 2.47. The summed E-state index contributed by atoms with van der Waals surface area (Å²) in [6, 6.07) is 7.43. The second-order valence-electron chi connectivity index (χ2n) is 6.33. The van der Waals surface area contributed by atoms with Crippen molar-refractivity contribution in [2.24, 2.45) is 5.41 Å².